The number of hydrogen-bond acceptors (Lipinski definition) is 2. The number of carbonyl (C=O) groups is 2. The molecule has 3 rings (SSSR count). The summed E-state index contributed by atoms with van der Waals surface area (Å²) in [7, 11) is 0. The van der Waals surface area contributed by atoms with Crippen LogP contribution in [0.1, 0.15) is 12.0 Å². The predicted octanol–water partition coefficient (Wildman–Crippen LogP) is 2.40. The van der Waals surface area contributed by atoms with Crippen molar-refractivity contribution >= 4 is 17.5 Å². The maximum atomic E-state index is 13.9. The molecule has 1 aliphatic heterocycles. The van der Waals surface area contributed by atoms with E-state index < -0.39 is 17.5 Å². The van der Waals surface area contributed by atoms with Crippen molar-refractivity contribution in [2.24, 2.45) is 5.73 Å². The molecule has 0 aromatic heterocycles. The molecule has 1 aliphatic rings. The van der Waals surface area contributed by atoms with Gasteiger partial charge in [0.1, 0.15) is 18.2 Å². The number of benzene rings is 2. The van der Waals surface area contributed by atoms with E-state index in [-0.39, 0.29) is 24.4 Å². The first-order chi connectivity index (χ1) is 11.0. The van der Waals surface area contributed by atoms with Gasteiger partial charge in [-0.3, -0.25) is 9.59 Å². The largest absolute Gasteiger partial charge is 0.368 e. The Hall–Kier alpha value is -2.76. The molecule has 0 radical (unpaired) electrons. The van der Waals surface area contributed by atoms with E-state index in [9.17, 15) is 18.4 Å². The Morgan fingerprint density at radius 3 is 2.61 bits per heavy atom. The van der Waals surface area contributed by atoms with Crippen LogP contribution in [-0.4, -0.2) is 18.4 Å². The fourth-order valence-corrected chi connectivity index (χ4v) is 2.78. The summed E-state index contributed by atoms with van der Waals surface area (Å²) < 4.78 is 26.9. The first kappa shape index (κ1) is 15.1. The Bertz CT molecular complexity index is 805. The molecule has 0 aliphatic carbocycles. The van der Waals surface area contributed by atoms with Crippen LogP contribution < -0.4 is 10.6 Å². The zero-order valence-electron chi connectivity index (χ0n) is 12.2. The third-order valence-corrected chi connectivity index (χ3v) is 3.84. The molecule has 2 N–H and O–H groups in total. The van der Waals surface area contributed by atoms with E-state index in [0.29, 0.717) is 17.7 Å². The molecule has 0 atom stereocenters. The monoisotopic (exact) mass is 316 g/mol. The van der Waals surface area contributed by atoms with Crippen LogP contribution in [0.25, 0.3) is 11.1 Å². The summed E-state index contributed by atoms with van der Waals surface area (Å²) in [6.45, 7) is -0.184. The van der Waals surface area contributed by atoms with Crippen molar-refractivity contribution in [1.82, 2.24) is 0 Å². The summed E-state index contributed by atoms with van der Waals surface area (Å²) in [5.41, 5.74) is 7.49. The van der Waals surface area contributed by atoms with Gasteiger partial charge in [0.15, 0.2) is 0 Å². The first-order valence-electron chi connectivity index (χ1n) is 7.13. The second-order valence-corrected chi connectivity index (χ2v) is 5.41. The number of nitrogens with zero attached hydrogens (tertiary/aromatic N) is 1. The predicted molar refractivity (Wildman–Crippen MR) is 81.7 cm³/mol. The topological polar surface area (TPSA) is 63.4 Å². The van der Waals surface area contributed by atoms with Gasteiger partial charge in [-0.1, -0.05) is 6.07 Å². The van der Waals surface area contributed by atoms with Gasteiger partial charge in [0.25, 0.3) is 0 Å². The van der Waals surface area contributed by atoms with Crippen LogP contribution in [0.5, 0.6) is 0 Å². The molecule has 4 nitrogen and oxygen atoms in total. The Balaban J connectivity index is 2.02. The van der Waals surface area contributed by atoms with Crippen LogP contribution in [0, 0.1) is 11.6 Å². The van der Waals surface area contributed by atoms with Gasteiger partial charge in [0.2, 0.25) is 11.8 Å². The van der Waals surface area contributed by atoms with Crippen molar-refractivity contribution in [3.63, 3.8) is 0 Å². The van der Waals surface area contributed by atoms with E-state index in [1.54, 1.807) is 18.2 Å². The lowest BCUT2D eigenvalue weighted by Crippen LogP contribution is -2.41. The lowest BCUT2D eigenvalue weighted by molar-refractivity contribution is -0.122. The summed E-state index contributed by atoms with van der Waals surface area (Å²) in [5, 5.41) is 0. The summed E-state index contributed by atoms with van der Waals surface area (Å²) in [6.07, 6.45) is 0.760. The number of nitrogens with two attached hydrogens (primary N) is 1. The van der Waals surface area contributed by atoms with Crippen LogP contribution in [0.3, 0.4) is 0 Å². The second-order valence-electron chi connectivity index (χ2n) is 5.41. The summed E-state index contributed by atoms with van der Waals surface area (Å²) in [6, 6.07) is 8.46. The maximum Gasteiger partial charge on any atom is 0.237 e. The molecule has 1 heterocycles. The molecule has 0 fully saturated rings. The van der Waals surface area contributed by atoms with Gasteiger partial charge in [-0.2, -0.15) is 0 Å². The van der Waals surface area contributed by atoms with Gasteiger partial charge >= 0.3 is 0 Å². The average molecular weight is 316 g/mol. The normalized spacial score (nSPS) is 13.8. The zero-order chi connectivity index (χ0) is 16.6. The highest BCUT2D eigenvalue weighted by Gasteiger charge is 2.25. The van der Waals surface area contributed by atoms with Crippen LogP contribution in [-0.2, 0) is 16.0 Å². The number of carbonyl (C=O) groups excluding carboxylic acids is 2. The van der Waals surface area contributed by atoms with E-state index in [2.05, 4.69) is 0 Å². The van der Waals surface area contributed by atoms with Crippen molar-refractivity contribution in [1.29, 1.82) is 0 Å². The van der Waals surface area contributed by atoms with Crippen molar-refractivity contribution in [2.75, 3.05) is 11.4 Å². The van der Waals surface area contributed by atoms with E-state index in [0.717, 1.165) is 11.6 Å². The molecule has 0 saturated heterocycles. The van der Waals surface area contributed by atoms with Gasteiger partial charge in [-0.05, 0) is 41.8 Å². The number of hydrogen-bond donors (Lipinski definition) is 1. The van der Waals surface area contributed by atoms with Crippen LogP contribution in [0.15, 0.2) is 36.4 Å². The molecular weight excluding hydrogens is 302 g/mol. The number of rotatable bonds is 3. The number of fused-ring (bicyclic) bond motifs is 1. The molecule has 2 amide bonds. The number of halogens is 2. The minimum Gasteiger partial charge on any atom is -0.368 e. The molecule has 23 heavy (non-hydrogen) atoms. The molecule has 6 heteroatoms. The fourth-order valence-electron chi connectivity index (χ4n) is 2.78. The van der Waals surface area contributed by atoms with Gasteiger partial charge in [0.05, 0.1) is 0 Å². The van der Waals surface area contributed by atoms with Crippen LogP contribution in [0.2, 0.25) is 0 Å². The number of amides is 2. The third-order valence-electron chi connectivity index (χ3n) is 3.84. The first-order valence-corrected chi connectivity index (χ1v) is 7.13. The number of anilines is 1. The van der Waals surface area contributed by atoms with Gasteiger partial charge in [-0.15, -0.1) is 0 Å². The molecule has 0 saturated carbocycles. The lowest BCUT2D eigenvalue weighted by Gasteiger charge is -2.28. The molecule has 0 spiro atoms. The highest BCUT2D eigenvalue weighted by atomic mass is 19.1. The number of aryl methyl sites for hydroxylation is 1. The SMILES string of the molecule is NC(=O)CN1C(=O)CCc2cc(-c3ccc(F)cc3F)ccc21. The fraction of sp³-hybridized carbons (Fsp3) is 0.176. The molecular formula is C17H14F2N2O2. The third kappa shape index (κ3) is 2.92. The Kier molecular flexibility index (Phi) is 3.82. The zero-order valence-corrected chi connectivity index (χ0v) is 12.2. The minimum atomic E-state index is -0.647. The molecule has 0 unspecified atom stereocenters. The van der Waals surface area contributed by atoms with E-state index >= 15 is 0 Å². The molecule has 2 aromatic rings. The van der Waals surface area contributed by atoms with Gasteiger partial charge in [-0.25, -0.2) is 8.78 Å². The van der Waals surface area contributed by atoms with Crippen molar-refractivity contribution in [2.45, 2.75) is 12.8 Å². The summed E-state index contributed by atoms with van der Waals surface area (Å²) in [5.74, 6) is -2.05. The van der Waals surface area contributed by atoms with Crippen molar-refractivity contribution in [3.8, 4) is 11.1 Å². The lowest BCUT2D eigenvalue weighted by atomic mass is 9.95. The molecule has 118 valence electrons. The highest BCUT2D eigenvalue weighted by Crippen LogP contribution is 2.33. The van der Waals surface area contributed by atoms with Crippen LogP contribution in [0.4, 0.5) is 14.5 Å². The van der Waals surface area contributed by atoms with E-state index in [1.807, 2.05) is 0 Å². The van der Waals surface area contributed by atoms with Gasteiger partial charge < -0.3 is 10.6 Å². The summed E-state index contributed by atoms with van der Waals surface area (Å²) >= 11 is 0. The van der Waals surface area contributed by atoms with Crippen LogP contribution >= 0.6 is 0 Å². The quantitative estimate of drug-likeness (QED) is 0.945. The number of primary amides is 1. The van der Waals surface area contributed by atoms with Gasteiger partial charge in [0, 0.05) is 23.7 Å². The van der Waals surface area contributed by atoms with E-state index in [4.69, 9.17) is 5.73 Å². The smallest absolute Gasteiger partial charge is 0.237 e. The van der Waals surface area contributed by atoms with Crippen molar-refractivity contribution < 1.29 is 18.4 Å². The maximum absolute atomic E-state index is 13.9. The average Bonchev–Trinajstić information content (AvgIpc) is 2.49. The summed E-state index contributed by atoms with van der Waals surface area (Å²) in [4.78, 5) is 24.4. The van der Waals surface area contributed by atoms with E-state index in [1.165, 1.54) is 17.0 Å². The Labute approximate surface area is 131 Å². The molecule has 2 aromatic carbocycles. The minimum absolute atomic E-state index is 0.169. The Morgan fingerprint density at radius 1 is 1.13 bits per heavy atom. The highest BCUT2D eigenvalue weighted by molar-refractivity contribution is 6.01. The standard InChI is InChI=1S/C17H14F2N2O2/c18-12-3-4-13(14(19)8-12)10-1-5-15-11(7-10)2-6-17(23)21(15)9-16(20)22/h1,3-5,7-8H,2,6,9H2,(H2,20,22). The van der Waals surface area contributed by atoms with Crippen molar-refractivity contribution in [3.05, 3.63) is 53.6 Å². The molecule has 0 bridgehead atoms. The Morgan fingerprint density at radius 2 is 1.91 bits per heavy atom. The second kappa shape index (κ2) is 5.79.